The minimum atomic E-state index is -0.268. The van der Waals surface area contributed by atoms with Crippen LogP contribution in [0, 0.1) is 0 Å². The van der Waals surface area contributed by atoms with Gasteiger partial charge in [0.15, 0.2) is 0 Å². The van der Waals surface area contributed by atoms with Gasteiger partial charge in [-0.2, -0.15) is 0 Å². The largest absolute Gasteiger partial charge is 0.422 e. The predicted octanol–water partition coefficient (Wildman–Crippen LogP) is 13.8. The molecular formula is C60H39B2N5. The van der Waals surface area contributed by atoms with Gasteiger partial charge >= 0.3 is 14.0 Å². The molecule has 0 unspecified atom stereocenters. The molecule has 11 aromatic rings. The SMILES string of the molecule is c1ccc(N2B3c4c5c6c(c(-n7c8ccccc8c8ccccc87)c4-c4ccccc42)-c2ccccc2N(c2ccccc2)B6N(c2ccccc2)c2cccc(c2-5)N3c2ccccc2)cc1. The van der Waals surface area contributed by atoms with Crippen LogP contribution in [0.25, 0.3) is 60.9 Å². The van der Waals surface area contributed by atoms with Crippen LogP contribution in [0.3, 0.4) is 0 Å². The third-order valence-electron chi connectivity index (χ3n) is 14.6. The lowest BCUT2D eigenvalue weighted by atomic mass is 9.45. The van der Waals surface area contributed by atoms with E-state index in [1.807, 2.05) is 0 Å². The van der Waals surface area contributed by atoms with Gasteiger partial charge in [-0.1, -0.05) is 152 Å². The highest BCUT2D eigenvalue weighted by molar-refractivity contribution is 6.92. The van der Waals surface area contributed by atoms with Gasteiger partial charge in [0.1, 0.15) is 0 Å². The highest BCUT2D eigenvalue weighted by Crippen LogP contribution is 2.59. The zero-order chi connectivity index (χ0) is 43.7. The molecule has 0 saturated carbocycles. The topological polar surface area (TPSA) is 17.9 Å². The number of nitrogens with zero attached hydrogens (tertiary/aromatic N) is 5. The first-order chi connectivity index (χ1) is 33.3. The van der Waals surface area contributed by atoms with Gasteiger partial charge in [-0.25, -0.2) is 0 Å². The van der Waals surface area contributed by atoms with Gasteiger partial charge in [0.25, 0.3) is 0 Å². The lowest BCUT2D eigenvalue weighted by Gasteiger charge is -2.54. The molecule has 5 heterocycles. The number of rotatable bonds is 5. The van der Waals surface area contributed by atoms with Crippen LogP contribution >= 0.6 is 0 Å². The number of aromatic nitrogens is 1. The molecule has 0 saturated heterocycles. The molecule has 4 aliphatic rings. The van der Waals surface area contributed by atoms with Crippen molar-refractivity contribution in [2.24, 2.45) is 0 Å². The molecular weight excluding hydrogens is 812 g/mol. The van der Waals surface area contributed by atoms with Crippen LogP contribution in [0.1, 0.15) is 0 Å². The van der Waals surface area contributed by atoms with Crippen molar-refractivity contribution in [3.8, 4) is 39.1 Å². The molecule has 4 aliphatic heterocycles. The Morgan fingerprint density at radius 3 is 1.00 bits per heavy atom. The van der Waals surface area contributed by atoms with Crippen molar-refractivity contribution < 1.29 is 0 Å². The molecule has 0 atom stereocenters. The maximum atomic E-state index is 2.63. The Labute approximate surface area is 389 Å². The van der Waals surface area contributed by atoms with E-state index in [4.69, 9.17) is 0 Å². The summed E-state index contributed by atoms with van der Waals surface area (Å²) in [5.74, 6) is 0. The maximum absolute atomic E-state index is 2.63. The monoisotopic (exact) mass is 851 g/mol. The first-order valence-electron chi connectivity index (χ1n) is 23.3. The zero-order valence-electron chi connectivity index (χ0n) is 36.4. The molecule has 0 aliphatic carbocycles. The third kappa shape index (κ3) is 4.90. The molecule has 0 radical (unpaired) electrons. The first-order valence-corrected chi connectivity index (χ1v) is 23.3. The second kappa shape index (κ2) is 13.9. The van der Waals surface area contributed by atoms with Crippen molar-refractivity contribution >= 4 is 92.2 Å². The minimum absolute atomic E-state index is 0.268. The van der Waals surface area contributed by atoms with Gasteiger partial charge < -0.3 is 23.8 Å². The highest BCUT2D eigenvalue weighted by atomic mass is 15.3. The second-order valence-electron chi connectivity index (χ2n) is 17.9. The fraction of sp³-hybridized carbons (Fsp3) is 0. The third-order valence-corrected chi connectivity index (χ3v) is 14.6. The van der Waals surface area contributed by atoms with Gasteiger partial charge in [0.05, 0.1) is 16.7 Å². The smallest absolute Gasteiger partial charge is 0.361 e. The molecule has 7 heteroatoms. The van der Waals surface area contributed by atoms with Gasteiger partial charge in [-0.15, -0.1) is 0 Å². The van der Waals surface area contributed by atoms with Crippen LogP contribution in [-0.4, -0.2) is 18.5 Å². The number of hydrogen-bond acceptors (Lipinski definition) is 4. The van der Waals surface area contributed by atoms with Crippen molar-refractivity contribution in [2.75, 3.05) is 19.2 Å². The molecule has 310 valence electrons. The summed E-state index contributed by atoms with van der Waals surface area (Å²) in [5, 5.41) is 2.48. The molecule has 15 rings (SSSR count). The van der Waals surface area contributed by atoms with E-state index in [2.05, 4.69) is 260 Å². The summed E-state index contributed by atoms with van der Waals surface area (Å²) < 4.78 is 2.62. The van der Waals surface area contributed by atoms with Gasteiger partial charge in [-0.3, -0.25) is 0 Å². The fourth-order valence-corrected chi connectivity index (χ4v) is 12.2. The molecule has 0 fully saturated rings. The summed E-state index contributed by atoms with van der Waals surface area (Å²) in [6.45, 7) is -0.535. The van der Waals surface area contributed by atoms with E-state index in [0.29, 0.717) is 0 Å². The summed E-state index contributed by atoms with van der Waals surface area (Å²) >= 11 is 0. The van der Waals surface area contributed by atoms with Crippen LogP contribution in [-0.2, 0) is 0 Å². The lowest BCUT2D eigenvalue weighted by Crippen LogP contribution is -2.68. The first kappa shape index (κ1) is 36.6. The molecule has 0 spiro atoms. The Morgan fingerprint density at radius 2 is 0.582 bits per heavy atom. The van der Waals surface area contributed by atoms with E-state index in [1.54, 1.807) is 0 Å². The summed E-state index contributed by atoms with van der Waals surface area (Å²) in [7, 11) is 0. The minimum Gasteiger partial charge on any atom is -0.361 e. The predicted molar refractivity (Wildman–Crippen MR) is 282 cm³/mol. The van der Waals surface area contributed by atoms with Crippen molar-refractivity contribution in [3.63, 3.8) is 0 Å². The Kier molecular flexibility index (Phi) is 7.61. The van der Waals surface area contributed by atoms with Crippen molar-refractivity contribution in [2.45, 2.75) is 0 Å². The molecule has 5 nitrogen and oxygen atoms in total. The summed E-state index contributed by atoms with van der Waals surface area (Å²) in [6, 6.07) is 87.6. The van der Waals surface area contributed by atoms with E-state index >= 15 is 0 Å². The van der Waals surface area contributed by atoms with Crippen molar-refractivity contribution in [1.82, 2.24) is 4.57 Å². The van der Waals surface area contributed by atoms with E-state index in [-0.39, 0.29) is 14.0 Å². The summed E-state index contributed by atoms with van der Waals surface area (Å²) in [4.78, 5) is 10.5. The van der Waals surface area contributed by atoms with Gasteiger partial charge in [-0.05, 0) is 101 Å². The molecule has 67 heavy (non-hydrogen) atoms. The van der Waals surface area contributed by atoms with Crippen LogP contribution in [0.4, 0.5) is 45.5 Å². The van der Waals surface area contributed by atoms with E-state index in [0.717, 1.165) is 22.7 Å². The molecule has 0 bridgehead atoms. The second-order valence-corrected chi connectivity index (χ2v) is 17.9. The van der Waals surface area contributed by atoms with Crippen molar-refractivity contribution in [1.29, 1.82) is 0 Å². The number of hydrogen-bond donors (Lipinski definition) is 0. The molecule has 1 aromatic heterocycles. The maximum Gasteiger partial charge on any atom is 0.422 e. The van der Waals surface area contributed by atoms with Crippen molar-refractivity contribution in [3.05, 3.63) is 237 Å². The van der Waals surface area contributed by atoms with E-state index in [9.17, 15) is 0 Å². The van der Waals surface area contributed by atoms with Gasteiger partial charge in [0, 0.05) is 84.1 Å². The summed E-state index contributed by atoms with van der Waals surface area (Å²) in [5.41, 5.74) is 23.0. The van der Waals surface area contributed by atoms with Crippen LogP contribution < -0.4 is 30.2 Å². The normalized spacial score (nSPS) is 13.8. The highest BCUT2D eigenvalue weighted by Gasteiger charge is 2.56. The number of fused-ring (bicyclic) bond motifs is 7. The Bertz CT molecular complexity index is 3560. The molecule has 0 amide bonds. The lowest BCUT2D eigenvalue weighted by molar-refractivity contribution is 1.17. The average molecular weight is 852 g/mol. The molecule has 0 N–H and O–H groups in total. The standard InChI is InChI=1S/C60H39B2N5/c1-5-22-40(23-6-1)64-50-36-19-15-32-46(50)54-58-57-56-52(66(61(58)64)42-26-9-3-10-27-42)38-21-39-53(56)67(43-28-11-4-12-29-43)62-59(57)55(47-33-16-20-37-51(47)65(62)41-24-7-2-8-25-41)60(54)63-48-34-17-13-30-44(48)45-31-14-18-35-49(45)63/h1-39H. The molecule has 10 aromatic carbocycles. The quantitative estimate of drug-likeness (QED) is 0.160. The van der Waals surface area contributed by atoms with Crippen LogP contribution in [0.5, 0.6) is 0 Å². The number of para-hydroxylation sites is 8. The Balaban J connectivity index is 1.23. The van der Waals surface area contributed by atoms with E-state index in [1.165, 1.54) is 94.5 Å². The summed E-state index contributed by atoms with van der Waals surface area (Å²) in [6.07, 6.45) is 0. The Morgan fingerprint density at radius 1 is 0.254 bits per heavy atom. The Hall–Kier alpha value is -8.67. The number of anilines is 8. The number of benzene rings is 10. The zero-order valence-corrected chi connectivity index (χ0v) is 36.4. The van der Waals surface area contributed by atoms with Gasteiger partial charge in [0.2, 0.25) is 0 Å². The van der Waals surface area contributed by atoms with Crippen LogP contribution in [0.15, 0.2) is 237 Å². The van der Waals surface area contributed by atoms with E-state index < -0.39 is 0 Å². The fourth-order valence-electron chi connectivity index (χ4n) is 12.2. The average Bonchev–Trinajstić information content (AvgIpc) is 3.73. The van der Waals surface area contributed by atoms with Crippen LogP contribution in [0.2, 0.25) is 0 Å².